The van der Waals surface area contributed by atoms with E-state index in [1.807, 2.05) is 12.1 Å². The average molecular weight is 500 g/mol. The van der Waals surface area contributed by atoms with Crippen LogP contribution >= 0.6 is 0 Å². The van der Waals surface area contributed by atoms with E-state index >= 15 is 0 Å². The maximum atomic E-state index is 10.1. The van der Waals surface area contributed by atoms with E-state index in [1.165, 1.54) is 22.5 Å². The summed E-state index contributed by atoms with van der Waals surface area (Å²) in [6.45, 7) is 10.3. The van der Waals surface area contributed by atoms with Gasteiger partial charge in [-0.05, 0) is 41.7 Å². The summed E-state index contributed by atoms with van der Waals surface area (Å²) in [6, 6.07) is 32.6. The Morgan fingerprint density at radius 1 is 0.789 bits per heavy atom. The second-order valence-corrected chi connectivity index (χ2v) is 10.5. The molecule has 3 aromatic carbocycles. The average Bonchev–Trinajstić information content (AvgIpc) is 3.33. The minimum atomic E-state index is 0.223. The van der Waals surface area contributed by atoms with E-state index < -0.39 is 0 Å². The third kappa shape index (κ3) is 4.02. The van der Waals surface area contributed by atoms with Crippen molar-refractivity contribution in [2.24, 2.45) is 0 Å². The van der Waals surface area contributed by atoms with E-state index in [9.17, 15) is 5.26 Å². The molecule has 0 saturated carbocycles. The van der Waals surface area contributed by atoms with E-state index in [4.69, 9.17) is 4.98 Å². The lowest BCUT2D eigenvalue weighted by Gasteiger charge is -2.41. The Morgan fingerprint density at radius 3 is 1.95 bits per heavy atom. The van der Waals surface area contributed by atoms with Crippen LogP contribution in [0.2, 0.25) is 0 Å². The number of benzene rings is 3. The fourth-order valence-electron chi connectivity index (χ4n) is 6.21. The van der Waals surface area contributed by atoms with Crippen LogP contribution in [0.4, 0.5) is 5.82 Å². The van der Waals surface area contributed by atoms with Gasteiger partial charge in [-0.2, -0.15) is 5.26 Å². The van der Waals surface area contributed by atoms with E-state index in [0.717, 1.165) is 48.4 Å². The number of hydrogen-bond acceptors (Lipinski definition) is 4. The first-order chi connectivity index (χ1) is 18.6. The Bertz CT molecular complexity index is 1580. The number of para-hydroxylation sites is 2. The van der Waals surface area contributed by atoms with Crippen LogP contribution in [-0.4, -0.2) is 40.5 Å². The maximum Gasteiger partial charge on any atom is 0.157 e. The lowest BCUT2D eigenvalue weighted by atomic mass is 9.94. The number of pyridine rings is 1. The number of nitrogens with zero attached hydrogens (tertiary/aromatic N) is 5. The summed E-state index contributed by atoms with van der Waals surface area (Å²) in [7, 11) is 0. The van der Waals surface area contributed by atoms with E-state index in [-0.39, 0.29) is 12.0 Å². The van der Waals surface area contributed by atoms with Crippen LogP contribution in [0.3, 0.4) is 0 Å². The molecule has 0 atom stereocenters. The van der Waals surface area contributed by atoms with Crippen LogP contribution in [0.5, 0.6) is 0 Å². The molecule has 38 heavy (non-hydrogen) atoms. The third-order valence-electron chi connectivity index (χ3n) is 7.91. The second-order valence-electron chi connectivity index (χ2n) is 10.5. The standard InChI is InChI=1S/C33H33N5/c1-23(2)30-24(3)27(22-34)32-35-28-16-10-11-17-29(28)38(32)33(30)37-20-18-36(19-21-37)31(25-12-6-4-7-13-25)26-14-8-5-9-15-26/h4-17,23,31H,18-21H2,1-3H3. The molecule has 0 N–H and O–H groups in total. The van der Waals surface area contributed by atoms with Gasteiger partial charge < -0.3 is 4.90 Å². The number of rotatable bonds is 5. The lowest BCUT2D eigenvalue weighted by molar-refractivity contribution is 0.211. The van der Waals surface area contributed by atoms with Gasteiger partial charge in [0.05, 0.1) is 22.6 Å². The van der Waals surface area contributed by atoms with Crippen LogP contribution in [0.25, 0.3) is 16.7 Å². The first-order valence-electron chi connectivity index (χ1n) is 13.5. The SMILES string of the molecule is Cc1c(C(C)C)c(N2CCN(C(c3ccccc3)c3ccccc3)CC2)n2c(nc3ccccc32)c1C#N. The summed E-state index contributed by atoms with van der Waals surface area (Å²) in [6.07, 6.45) is 0. The number of hydrogen-bond donors (Lipinski definition) is 0. The van der Waals surface area contributed by atoms with Crippen molar-refractivity contribution in [1.29, 1.82) is 5.26 Å². The molecule has 5 heteroatoms. The smallest absolute Gasteiger partial charge is 0.157 e. The molecule has 2 aromatic heterocycles. The Hall–Kier alpha value is -4.14. The number of fused-ring (bicyclic) bond motifs is 3. The van der Waals surface area contributed by atoms with Crippen LogP contribution in [0, 0.1) is 18.3 Å². The van der Waals surface area contributed by atoms with Gasteiger partial charge in [0, 0.05) is 31.7 Å². The van der Waals surface area contributed by atoms with Gasteiger partial charge in [0.25, 0.3) is 0 Å². The van der Waals surface area contributed by atoms with Gasteiger partial charge in [-0.15, -0.1) is 0 Å². The van der Waals surface area contributed by atoms with Crippen molar-refractivity contribution in [2.75, 3.05) is 31.1 Å². The van der Waals surface area contributed by atoms with Crippen molar-refractivity contribution in [2.45, 2.75) is 32.7 Å². The molecule has 3 heterocycles. The molecule has 1 aliphatic heterocycles. The predicted molar refractivity (Wildman–Crippen MR) is 155 cm³/mol. The highest BCUT2D eigenvalue weighted by molar-refractivity contribution is 5.86. The van der Waals surface area contributed by atoms with Crippen molar-refractivity contribution < 1.29 is 0 Å². The lowest BCUT2D eigenvalue weighted by Crippen LogP contribution is -2.48. The molecule has 6 rings (SSSR count). The number of imidazole rings is 1. The molecule has 5 nitrogen and oxygen atoms in total. The first-order valence-corrected chi connectivity index (χ1v) is 13.5. The summed E-state index contributed by atoms with van der Waals surface area (Å²) >= 11 is 0. The van der Waals surface area contributed by atoms with Gasteiger partial charge in [-0.1, -0.05) is 86.6 Å². The largest absolute Gasteiger partial charge is 0.355 e. The fraction of sp³-hybridized carbons (Fsp3) is 0.273. The molecule has 1 aliphatic rings. The number of anilines is 1. The van der Waals surface area contributed by atoms with Crippen molar-refractivity contribution in [3.63, 3.8) is 0 Å². The Labute approximate surface area is 224 Å². The number of nitriles is 1. The second kappa shape index (κ2) is 9.96. The topological polar surface area (TPSA) is 47.6 Å². The number of piperazine rings is 1. The molecular weight excluding hydrogens is 466 g/mol. The molecule has 1 fully saturated rings. The van der Waals surface area contributed by atoms with Gasteiger partial charge in [-0.3, -0.25) is 9.30 Å². The van der Waals surface area contributed by atoms with Gasteiger partial charge in [-0.25, -0.2) is 4.98 Å². The van der Waals surface area contributed by atoms with E-state index in [0.29, 0.717) is 5.56 Å². The Morgan fingerprint density at radius 2 is 1.37 bits per heavy atom. The van der Waals surface area contributed by atoms with Crippen LogP contribution in [0.15, 0.2) is 84.9 Å². The Kier molecular flexibility index (Phi) is 6.35. The summed E-state index contributed by atoms with van der Waals surface area (Å²) in [5, 5.41) is 10.1. The number of aromatic nitrogens is 2. The van der Waals surface area contributed by atoms with Crippen molar-refractivity contribution in [3.05, 3.63) is 113 Å². The highest BCUT2D eigenvalue weighted by atomic mass is 15.3. The van der Waals surface area contributed by atoms with E-state index in [2.05, 4.69) is 114 Å². The zero-order chi connectivity index (χ0) is 26.2. The van der Waals surface area contributed by atoms with Gasteiger partial charge in [0.15, 0.2) is 5.65 Å². The summed E-state index contributed by atoms with van der Waals surface area (Å²) in [5.41, 5.74) is 8.38. The summed E-state index contributed by atoms with van der Waals surface area (Å²) in [4.78, 5) is 10.1. The molecule has 190 valence electrons. The molecule has 0 aliphatic carbocycles. The minimum absolute atomic E-state index is 0.223. The van der Waals surface area contributed by atoms with Crippen molar-refractivity contribution >= 4 is 22.5 Å². The zero-order valence-electron chi connectivity index (χ0n) is 22.3. The minimum Gasteiger partial charge on any atom is -0.355 e. The molecule has 0 spiro atoms. The summed E-state index contributed by atoms with van der Waals surface area (Å²) in [5.74, 6) is 1.47. The monoisotopic (exact) mass is 499 g/mol. The van der Waals surface area contributed by atoms with Crippen LogP contribution in [-0.2, 0) is 0 Å². The fourth-order valence-corrected chi connectivity index (χ4v) is 6.21. The molecule has 0 bridgehead atoms. The predicted octanol–water partition coefficient (Wildman–Crippen LogP) is 6.70. The molecule has 5 aromatic rings. The first kappa shape index (κ1) is 24.2. The van der Waals surface area contributed by atoms with Gasteiger partial charge in [0.2, 0.25) is 0 Å². The normalized spacial score (nSPS) is 14.6. The molecule has 0 radical (unpaired) electrons. The Balaban J connectivity index is 1.43. The van der Waals surface area contributed by atoms with Crippen molar-refractivity contribution in [1.82, 2.24) is 14.3 Å². The van der Waals surface area contributed by atoms with Crippen LogP contribution in [0.1, 0.15) is 53.6 Å². The zero-order valence-corrected chi connectivity index (χ0v) is 22.3. The highest BCUT2D eigenvalue weighted by Gasteiger charge is 2.31. The maximum absolute atomic E-state index is 10.1. The third-order valence-corrected chi connectivity index (χ3v) is 7.91. The highest BCUT2D eigenvalue weighted by Crippen LogP contribution is 2.38. The molecular formula is C33H33N5. The summed E-state index contributed by atoms with van der Waals surface area (Å²) < 4.78 is 2.25. The van der Waals surface area contributed by atoms with Crippen molar-refractivity contribution in [3.8, 4) is 6.07 Å². The van der Waals surface area contributed by atoms with Gasteiger partial charge >= 0.3 is 0 Å². The quantitative estimate of drug-likeness (QED) is 0.270. The molecule has 1 saturated heterocycles. The van der Waals surface area contributed by atoms with Crippen LogP contribution < -0.4 is 4.90 Å². The van der Waals surface area contributed by atoms with E-state index in [1.54, 1.807) is 0 Å². The molecule has 0 unspecified atom stereocenters. The molecule has 0 amide bonds. The van der Waals surface area contributed by atoms with Gasteiger partial charge in [0.1, 0.15) is 11.9 Å².